The minimum Gasteiger partial charge on any atom is -0.497 e. The number of hydrogen-bond donors (Lipinski definition) is 0. The van der Waals surface area contributed by atoms with Gasteiger partial charge in [-0.2, -0.15) is 0 Å². The molecule has 0 radical (unpaired) electrons. The van der Waals surface area contributed by atoms with Crippen molar-refractivity contribution in [3.63, 3.8) is 0 Å². The number of hydrogen-bond acceptors (Lipinski definition) is 5. The van der Waals surface area contributed by atoms with E-state index >= 15 is 0 Å². The maximum absolute atomic E-state index is 12.4. The molecule has 25 heavy (non-hydrogen) atoms. The number of carbonyl (C=O) groups excluding carboxylic acids is 1. The number of ketones is 1. The summed E-state index contributed by atoms with van der Waals surface area (Å²) in [5, 5.41) is 9.36. The molecule has 128 valence electrons. The van der Waals surface area contributed by atoms with Crippen LogP contribution < -0.4 is 4.74 Å². The third kappa shape index (κ3) is 4.03. The van der Waals surface area contributed by atoms with E-state index in [0.717, 1.165) is 11.3 Å². The number of Topliss-reactive ketones (excluding diaryl/α,β-unsaturated/α-hetero) is 1. The number of nitrogens with zero attached hydrogens (tertiary/aromatic N) is 3. The Kier molecular flexibility index (Phi) is 5.40. The maximum Gasteiger partial charge on any atom is 0.196 e. The predicted molar refractivity (Wildman–Crippen MR) is 99.2 cm³/mol. The molecule has 0 N–H and O–H groups in total. The second kappa shape index (κ2) is 7.72. The largest absolute Gasteiger partial charge is 0.497 e. The fourth-order valence-corrected chi connectivity index (χ4v) is 3.24. The third-order valence-corrected chi connectivity index (χ3v) is 5.02. The summed E-state index contributed by atoms with van der Waals surface area (Å²) in [6.45, 7) is 1.95. The van der Waals surface area contributed by atoms with Crippen LogP contribution in [0.15, 0.2) is 53.9 Å². The summed E-state index contributed by atoms with van der Waals surface area (Å²) in [5.74, 6) is 0.916. The van der Waals surface area contributed by atoms with Gasteiger partial charge in [0.05, 0.1) is 18.6 Å². The van der Waals surface area contributed by atoms with E-state index in [1.54, 1.807) is 31.6 Å². The lowest BCUT2D eigenvalue weighted by Crippen LogP contribution is -2.04. The zero-order valence-corrected chi connectivity index (χ0v) is 15.3. The van der Waals surface area contributed by atoms with Gasteiger partial charge in [-0.15, -0.1) is 10.2 Å². The molecule has 0 saturated carbocycles. The number of benzene rings is 2. The van der Waals surface area contributed by atoms with E-state index in [2.05, 4.69) is 10.2 Å². The third-order valence-electron chi connectivity index (χ3n) is 3.67. The minimum atomic E-state index is 0.000360. The minimum absolute atomic E-state index is 0.000360. The van der Waals surface area contributed by atoms with Crippen molar-refractivity contribution >= 4 is 29.1 Å². The Morgan fingerprint density at radius 1 is 1.28 bits per heavy atom. The van der Waals surface area contributed by atoms with Crippen molar-refractivity contribution in [3.05, 3.63) is 64.9 Å². The van der Waals surface area contributed by atoms with E-state index in [0.29, 0.717) is 21.5 Å². The summed E-state index contributed by atoms with van der Waals surface area (Å²) in [5.41, 5.74) is 2.47. The highest BCUT2D eigenvalue weighted by Gasteiger charge is 2.13. The number of methoxy groups -OCH3 is 1. The van der Waals surface area contributed by atoms with Gasteiger partial charge in [0.15, 0.2) is 10.9 Å². The fourth-order valence-electron chi connectivity index (χ4n) is 2.24. The van der Waals surface area contributed by atoms with Gasteiger partial charge in [0.2, 0.25) is 0 Å². The van der Waals surface area contributed by atoms with Crippen molar-refractivity contribution < 1.29 is 9.53 Å². The van der Waals surface area contributed by atoms with Gasteiger partial charge in [0.1, 0.15) is 12.1 Å². The molecule has 0 unspecified atom stereocenters. The van der Waals surface area contributed by atoms with Gasteiger partial charge in [-0.3, -0.25) is 9.36 Å². The van der Waals surface area contributed by atoms with Gasteiger partial charge in [-0.25, -0.2) is 0 Å². The summed E-state index contributed by atoms with van der Waals surface area (Å²) in [6, 6.07) is 12.8. The second-order valence-corrected chi connectivity index (χ2v) is 6.71. The van der Waals surface area contributed by atoms with E-state index in [9.17, 15) is 4.79 Å². The quantitative estimate of drug-likeness (QED) is 0.478. The van der Waals surface area contributed by atoms with Crippen LogP contribution in [0.2, 0.25) is 5.02 Å². The fraction of sp³-hybridized carbons (Fsp3) is 0.167. The standard InChI is InChI=1S/C18H16ClN3O2S/c1-12-6-7-14(9-16(12)19)22-11-20-21-18(22)25-10-17(23)13-4-3-5-15(8-13)24-2/h3-9,11H,10H2,1-2H3. The summed E-state index contributed by atoms with van der Waals surface area (Å²) in [7, 11) is 1.58. The number of thioether (sulfide) groups is 1. The van der Waals surface area contributed by atoms with E-state index in [1.165, 1.54) is 11.8 Å². The van der Waals surface area contributed by atoms with Crippen LogP contribution in [-0.2, 0) is 0 Å². The number of aryl methyl sites for hydroxylation is 1. The Morgan fingerprint density at radius 3 is 2.88 bits per heavy atom. The Labute approximate surface area is 155 Å². The molecular formula is C18H16ClN3O2S. The zero-order valence-electron chi connectivity index (χ0n) is 13.8. The molecular weight excluding hydrogens is 358 g/mol. The summed E-state index contributed by atoms with van der Waals surface area (Å²) in [6.07, 6.45) is 1.61. The monoisotopic (exact) mass is 373 g/mol. The molecule has 0 saturated heterocycles. The normalized spacial score (nSPS) is 10.7. The van der Waals surface area contributed by atoms with Crippen molar-refractivity contribution in [1.29, 1.82) is 0 Å². The highest BCUT2D eigenvalue weighted by Crippen LogP contribution is 2.24. The van der Waals surface area contributed by atoms with Crippen molar-refractivity contribution in [3.8, 4) is 11.4 Å². The van der Waals surface area contributed by atoms with Crippen LogP contribution >= 0.6 is 23.4 Å². The maximum atomic E-state index is 12.4. The van der Waals surface area contributed by atoms with E-state index in [1.807, 2.05) is 35.8 Å². The molecule has 3 aromatic rings. The van der Waals surface area contributed by atoms with Gasteiger partial charge >= 0.3 is 0 Å². The number of ether oxygens (including phenoxy) is 1. The van der Waals surface area contributed by atoms with Crippen LogP contribution in [0, 0.1) is 6.92 Å². The first-order valence-electron chi connectivity index (χ1n) is 7.55. The lowest BCUT2D eigenvalue weighted by atomic mass is 10.1. The van der Waals surface area contributed by atoms with E-state index in [-0.39, 0.29) is 11.5 Å². The van der Waals surface area contributed by atoms with Crippen molar-refractivity contribution in [2.75, 3.05) is 12.9 Å². The van der Waals surface area contributed by atoms with Crippen molar-refractivity contribution in [2.24, 2.45) is 0 Å². The zero-order chi connectivity index (χ0) is 17.8. The van der Waals surface area contributed by atoms with Gasteiger partial charge < -0.3 is 4.74 Å². The molecule has 1 heterocycles. The van der Waals surface area contributed by atoms with Crippen LogP contribution in [0.4, 0.5) is 0 Å². The molecule has 0 aliphatic heterocycles. The van der Waals surface area contributed by atoms with Crippen molar-refractivity contribution in [2.45, 2.75) is 12.1 Å². The topological polar surface area (TPSA) is 57.0 Å². The van der Waals surface area contributed by atoms with Crippen LogP contribution in [-0.4, -0.2) is 33.4 Å². The number of carbonyl (C=O) groups is 1. The van der Waals surface area contributed by atoms with E-state index < -0.39 is 0 Å². The summed E-state index contributed by atoms with van der Waals surface area (Å²) < 4.78 is 6.97. The summed E-state index contributed by atoms with van der Waals surface area (Å²) in [4.78, 5) is 12.4. The van der Waals surface area contributed by atoms with Gasteiger partial charge in [-0.1, -0.05) is 41.6 Å². The Balaban J connectivity index is 1.75. The Bertz CT molecular complexity index is 911. The molecule has 0 atom stereocenters. The summed E-state index contributed by atoms with van der Waals surface area (Å²) >= 11 is 7.52. The molecule has 0 amide bonds. The lowest BCUT2D eigenvalue weighted by Gasteiger charge is -2.08. The SMILES string of the molecule is COc1cccc(C(=O)CSc2nncn2-c2ccc(C)c(Cl)c2)c1. The highest BCUT2D eigenvalue weighted by atomic mass is 35.5. The smallest absolute Gasteiger partial charge is 0.196 e. The average molecular weight is 374 g/mol. The number of rotatable bonds is 6. The molecule has 5 nitrogen and oxygen atoms in total. The second-order valence-electron chi connectivity index (χ2n) is 5.36. The highest BCUT2D eigenvalue weighted by molar-refractivity contribution is 7.99. The average Bonchev–Trinajstić information content (AvgIpc) is 3.10. The van der Waals surface area contributed by atoms with Gasteiger partial charge in [-0.05, 0) is 36.8 Å². The van der Waals surface area contributed by atoms with E-state index in [4.69, 9.17) is 16.3 Å². The molecule has 0 aliphatic rings. The van der Waals surface area contributed by atoms with Gasteiger partial charge in [0.25, 0.3) is 0 Å². The molecule has 0 spiro atoms. The molecule has 0 bridgehead atoms. The van der Waals surface area contributed by atoms with Crippen LogP contribution in [0.25, 0.3) is 5.69 Å². The Hall–Kier alpha value is -2.31. The first-order chi connectivity index (χ1) is 12.1. The first-order valence-corrected chi connectivity index (χ1v) is 8.91. The van der Waals surface area contributed by atoms with Crippen LogP contribution in [0.5, 0.6) is 5.75 Å². The molecule has 1 aromatic heterocycles. The first kappa shape index (κ1) is 17.5. The molecule has 2 aromatic carbocycles. The van der Waals surface area contributed by atoms with Crippen LogP contribution in [0.3, 0.4) is 0 Å². The van der Waals surface area contributed by atoms with Crippen LogP contribution in [0.1, 0.15) is 15.9 Å². The Morgan fingerprint density at radius 2 is 2.12 bits per heavy atom. The van der Waals surface area contributed by atoms with Gasteiger partial charge in [0, 0.05) is 10.6 Å². The molecule has 3 rings (SSSR count). The number of aromatic nitrogens is 3. The molecule has 7 heteroatoms. The lowest BCUT2D eigenvalue weighted by molar-refractivity contribution is 0.102. The predicted octanol–water partition coefficient (Wildman–Crippen LogP) is 4.21. The molecule has 0 fully saturated rings. The number of halogens is 1. The van der Waals surface area contributed by atoms with Crippen molar-refractivity contribution in [1.82, 2.24) is 14.8 Å². The molecule has 0 aliphatic carbocycles.